The van der Waals surface area contributed by atoms with E-state index in [1.54, 1.807) is 0 Å². The molecule has 1 aliphatic rings. The van der Waals surface area contributed by atoms with Crippen molar-refractivity contribution in [2.24, 2.45) is 0 Å². The van der Waals surface area contributed by atoms with Crippen LogP contribution >= 0.6 is 22.9 Å². The van der Waals surface area contributed by atoms with Gasteiger partial charge in [-0.3, -0.25) is 4.79 Å². The first-order valence-corrected chi connectivity index (χ1v) is 9.60. The molecule has 0 spiro atoms. The van der Waals surface area contributed by atoms with Gasteiger partial charge in [-0.1, -0.05) is 11.6 Å². The average molecular weight is 430 g/mol. The largest absolute Gasteiger partial charge is 0.417 e. The van der Waals surface area contributed by atoms with Crippen molar-refractivity contribution in [1.29, 1.82) is 0 Å². The Labute approximate surface area is 167 Å². The number of fused-ring (bicyclic) bond motifs is 2. The number of hydrogen-bond acceptors (Lipinski definition) is 5. The normalized spacial score (nSPS) is 15.0. The molecule has 4 heterocycles. The molecule has 0 aromatic carbocycles. The van der Waals surface area contributed by atoms with E-state index in [1.807, 2.05) is 7.05 Å². The molecule has 0 fully saturated rings. The first kappa shape index (κ1) is 19.2. The number of nitrogens with one attached hydrogen (secondary N) is 1. The highest BCUT2D eigenvalue weighted by atomic mass is 35.5. The van der Waals surface area contributed by atoms with Crippen molar-refractivity contribution in [2.75, 3.05) is 18.9 Å². The van der Waals surface area contributed by atoms with Gasteiger partial charge in [0, 0.05) is 36.8 Å². The van der Waals surface area contributed by atoms with Gasteiger partial charge in [0.25, 0.3) is 0 Å². The summed E-state index contributed by atoms with van der Waals surface area (Å²) >= 11 is 7.36. The molecule has 3 aromatic rings. The van der Waals surface area contributed by atoms with Crippen LogP contribution in [0.3, 0.4) is 0 Å². The van der Waals surface area contributed by atoms with Gasteiger partial charge in [-0.2, -0.15) is 13.2 Å². The van der Waals surface area contributed by atoms with Crippen molar-refractivity contribution in [1.82, 2.24) is 19.3 Å². The van der Waals surface area contributed by atoms with E-state index >= 15 is 0 Å². The van der Waals surface area contributed by atoms with E-state index in [9.17, 15) is 18.0 Å². The number of anilines is 1. The Kier molecular flexibility index (Phi) is 4.80. The van der Waals surface area contributed by atoms with E-state index in [4.69, 9.17) is 11.6 Å². The number of halogens is 4. The van der Waals surface area contributed by atoms with E-state index in [2.05, 4.69) is 20.2 Å². The molecule has 3 aromatic heterocycles. The number of pyridine rings is 1. The van der Waals surface area contributed by atoms with Gasteiger partial charge in [-0.05, 0) is 13.1 Å². The maximum absolute atomic E-state index is 12.9. The lowest BCUT2D eigenvalue weighted by atomic mass is 10.2. The second-order valence-electron chi connectivity index (χ2n) is 6.64. The summed E-state index contributed by atoms with van der Waals surface area (Å²) < 4.78 is 39.9. The van der Waals surface area contributed by atoms with Crippen LogP contribution in [0.4, 0.5) is 18.3 Å². The summed E-state index contributed by atoms with van der Waals surface area (Å²) in [5.74, 6) is -0.338. The number of amides is 1. The fourth-order valence-electron chi connectivity index (χ4n) is 3.05. The molecule has 28 heavy (non-hydrogen) atoms. The van der Waals surface area contributed by atoms with E-state index in [0.717, 1.165) is 42.3 Å². The quantitative estimate of drug-likeness (QED) is 0.690. The number of carbonyl (C=O) groups excluding carboxylic acids is 1. The molecule has 148 valence electrons. The van der Waals surface area contributed by atoms with Gasteiger partial charge in [0.05, 0.1) is 28.4 Å². The van der Waals surface area contributed by atoms with Gasteiger partial charge >= 0.3 is 6.18 Å². The van der Waals surface area contributed by atoms with Crippen LogP contribution in [-0.2, 0) is 30.4 Å². The molecule has 6 nitrogen and oxygen atoms in total. The summed E-state index contributed by atoms with van der Waals surface area (Å²) in [6.07, 6.45) is -1.50. The SMILES string of the molecule is CN1CCc2nc(NC(=O)Cc3cn4cc(C(F)(F)F)cc(Cl)c4n3)sc2C1. The molecule has 0 radical (unpaired) electrons. The Balaban J connectivity index is 1.50. The molecular weight excluding hydrogens is 415 g/mol. The van der Waals surface area contributed by atoms with E-state index in [0.29, 0.717) is 10.8 Å². The number of hydrogen-bond donors (Lipinski definition) is 1. The molecule has 0 unspecified atom stereocenters. The van der Waals surface area contributed by atoms with Crippen LogP contribution in [-0.4, -0.2) is 38.8 Å². The molecular formula is C17H15ClF3N5OS. The molecule has 1 aliphatic heterocycles. The Hall–Kier alpha value is -2.17. The number of likely N-dealkylation sites (N-methyl/N-ethyl adjacent to an activating group) is 1. The Morgan fingerprint density at radius 2 is 2.14 bits per heavy atom. The first-order valence-electron chi connectivity index (χ1n) is 8.40. The molecule has 4 rings (SSSR count). The van der Waals surface area contributed by atoms with E-state index in [1.165, 1.54) is 21.9 Å². The molecule has 1 amide bonds. The topological polar surface area (TPSA) is 62.5 Å². The number of rotatable bonds is 3. The number of thiazole rings is 1. The molecule has 0 atom stereocenters. The van der Waals surface area contributed by atoms with Crippen LogP contribution in [0, 0.1) is 0 Å². The van der Waals surface area contributed by atoms with Gasteiger partial charge in [-0.25, -0.2) is 9.97 Å². The maximum Gasteiger partial charge on any atom is 0.417 e. The number of alkyl halides is 3. The summed E-state index contributed by atoms with van der Waals surface area (Å²) in [5.41, 5.74) is 0.610. The second-order valence-corrected chi connectivity index (χ2v) is 8.13. The average Bonchev–Trinajstić information content (AvgIpc) is 3.16. The zero-order chi connectivity index (χ0) is 20.1. The zero-order valence-electron chi connectivity index (χ0n) is 14.7. The van der Waals surface area contributed by atoms with Crippen molar-refractivity contribution in [3.05, 3.63) is 45.3 Å². The number of nitrogens with zero attached hydrogens (tertiary/aromatic N) is 4. The third-order valence-electron chi connectivity index (χ3n) is 4.39. The van der Waals surface area contributed by atoms with Gasteiger partial charge in [0.2, 0.25) is 5.91 Å². The van der Waals surface area contributed by atoms with Crippen molar-refractivity contribution >= 4 is 39.6 Å². The molecule has 0 aliphatic carbocycles. The van der Waals surface area contributed by atoms with Gasteiger partial charge < -0.3 is 14.6 Å². The van der Waals surface area contributed by atoms with Crippen LogP contribution in [0.15, 0.2) is 18.5 Å². The van der Waals surface area contributed by atoms with E-state index in [-0.39, 0.29) is 23.0 Å². The monoisotopic (exact) mass is 429 g/mol. The van der Waals surface area contributed by atoms with Crippen molar-refractivity contribution in [3.63, 3.8) is 0 Å². The Bertz CT molecular complexity index is 1060. The molecule has 0 saturated carbocycles. The number of imidazole rings is 1. The third-order valence-corrected chi connectivity index (χ3v) is 5.67. The Morgan fingerprint density at radius 3 is 2.89 bits per heavy atom. The van der Waals surface area contributed by atoms with Crippen molar-refractivity contribution in [3.8, 4) is 0 Å². The molecule has 0 saturated heterocycles. The predicted octanol–water partition coefficient (Wildman–Crippen LogP) is 3.63. The maximum atomic E-state index is 12.9. The first-order chi connectivity index (χ1) is 13.2. The lowest BCUT2D eigenvalue weighted by molar-refractivity contribution is -0.137. The van der Waals surface area contributed by atoms with E-state index < -0.39 is 11.7 Å². The van der Waals surface area contributed by atoms with Crippen molar-refractivity contribution in [2.45, 2.75) is 25.6 Å². The highest BCUT2D eigenvalue weighted by molar-refractivity contribution is 7.15. The highest BCUT2D eigenvalue weighted by Crippen LogP contribution is 2.32. The van der Waals surface area contributed by atoms with Crippen LogP contribution < -0.4 is 5.32 Å². The highest BCUT2D eigenvalue weighted by Gasteiger charge is 2.32. The molecule has 0 bridgehead atoms. The van der Waals surface area contributed by atoms with Gasteiger partial charge in [0.1, 0.15) is 0 Å². The predicted molar refractivity (Wildman–Crippen MR) is 99.7 cm³/mol. The standard InChI is InChI=1S/C17H15ClF3N5OS/c1-25-3-2-12-13(8-25)28-16(23-12)24-14(27)5-10-7-26-6-9(17(19,20)21)4-11(18)15(26)22-10/h4,6-7H,2-3,5,8H2,1H3,(H,23,24,27). The smallest absolute Gasteiger partial charge is 0.305 e. The Morgan fingerprint density at radius 1 is 1.36 bits per heavy atom. The summed E-state index contributed by atoms with van der Waals surface area (Å²) in [6, 6.07) is 0.824. The third kappa shape index (κ3) is 3.85. The van der Waals surface area contributed by atoms with Crippen LogP contribution in [0.1, 0.15) is 21.8 Å². The molecule has 11 heteroatoms. The minimum atomic E-state index is -4.52. The second kappa shape index (κ2) is 7.02. The molecule has 1 N–H and O–H groups in total. The van der Waals surface area contributed by atoms with Crippen LogP contribution in [0.25, 0.3) is 5.65 Å². The minimum Gasteiger partial charge on any atom is -0.305 e. The summed E-state index contributed by atoms with van der Waals surface area (Å²) in [7, 11) is 2.03. The lowest BCUT2D eigenvalue weighted by Crippen LogP contribution is -2.25. The minimum absolute atomic E-state index is 0.0937. The number of aromatic nitrogens is 3. The summed E-state index contributed by atoms with van der Waals surface area (Å²) in [6.45, 7) is 1.72. The lowest BCUT2D eigenvalue weighted by Gasteiger charge is -2.20. The fourth-order valence-corrected chi connectivity index (χ4v) is 4.41. The zero-order valence-corrected chi connectivity index (χ0v) is 16.3. The number of carbonyl (C=O) groups is 1. The van der Waals surface area contributed by atoms with Crippen LogP contribution in [0.5, 0.6) is 0 Å². The van der Waals surface area contributed by atoms with Gasteiger partial charge in [0.15, 0.2) is 10.8 Å². The van der Waals surface area contributed by atoms with Crippen molar-refractivity contribution < 1.29 is 18.0 Å². The van der Waals surface area contributed by atoms with Crippen LogP contribution in [0.2, 0.25) is 5.02 Å². The summed E-state index contributed by atoms with van der Waals surface area (Å²) in [5, 5.41) is 3.14. The van der Waals surface area contributed by atoms with Gasteiger partial charge in [-0.15, -0.1) is 11.3 Å². The summed E-state index contributed by atoms with van der Waals surface area (Å²) in [4.78, 5) is 24.3. The fraction of sp³-hybridized carbons (Fsp3) is 0.353.